The van der Waals surface area contributed by atoms with Gasteiger partial charge in [-0.1, -0.05) is 13.8 Å². The number of hydrogen-bond acceptors (Lipinski definition) is 2. The van der Waals surface area contributed by atoms with Gasteiger partial charge in [0.15, 0.2) is 0 Å². The number of alkyl halides is 1. The van der Waals surface area contributed by atoms with E-state index in [0.717, 1.165) is 19.5 Å². The van der Waals surface area contributed by atoms with Crippen LogP contribution >= 0.6 is 11.6 Å². The van der Waals surface area contributed by atoms with Gasteiger partial charge in [0, 0.05) is 32.4 Å². The van der Waals surface area contributed by atoms with Crippen LogP contribution in [0.4, 0.5) is 0 Å². The second-order valence-corrected chi connectivity index (χ2v) is 5.82. The molecule has 0 rings (SSSR count). The second kappa shape index (κ2) is 7.13. The predicted molar refractivity (Wildman–Crippen MR) is 69.9 cm³/mol. The summed E-state index contributed by atoms with van der Waals surface area (Å²) >= 11 is 5.57. The number of carbonyl (C=O) groups excluding carboxylic acids is 1. The highest BCUT2D eigenvalue weighted by molar-refractivity contribution is 6.17. The van der Waals surface area contributed by atoms with Crippen LogP contribution in [0.25, 0.3) is 0 Å². The average molecular weight is 249 g/mol. The van der Waals surface area contributed by atoms with Crippen LogP contribution in [0.15, 0.2) is 0 Å². The molecule has 0 saturated heterocycles. The highest BCUT2D eigenvalue weighted by Crippen LogP contribution is 2.17. The molecule has 0 aromatic rings. The maximum absolute atomic E-state index is 11.7. The van der Waals surface area contributed by atoms with Crippen LogP contribution in [0.2, 0.25) is 0 Å². The summed E-state index contributed by atoms with van der Waals surface area (Å²) in [7, 11) is 5.97. The lowest BCUT2D eigenvalue weighted by Crippen LogP contribution is -2.41. The van der Waals surface area contributed by atoms with E-state index in [-0.39, 0.29) is 11.3 Å². The Hall–Kier alpha value is -0.280. The number of rotatable bonds is 7. The molecule has 0 heterocycles. The van der Waals surface area contributed by atoms with Crippen molar-refractivity contribution in [3.63, 3.8) is 0 Å². The summed E-state index contributed by atoms with van der Waals surface area (Å²) in [5.74, 6) is 0.744. The third kappa shape index (κ3) is 7.07. The summed E-state index contributed by atoms with van der Waals surface area (Å²) in [6.45, 7) is 6.11. The van der Waals surface area contributed by atoms with E-state index in [4.69, 9.17) is 11.6 Å². The molecule has 0 bridgehead atoms. The van der Waals surface area contributed by atoms with Crippen LogP contribution in [0.3, 0.4) is 0 Å². The summed E-state index contributed by atoms with van der Waals surface area (Å²) in [6.07, 6.45) is 1.32. The molecule has 16 heavy (non-hydrogen) atoms. The third-order valence-corrected chi connectivity index (χ3v) is 2.63. The zero-order chi connectivity index (χ0) is 12.8. The Kier molecular flexibility index (Phi) is 7.00. The molecule has 0 N–H and O–H groups in total. The summed E-state index contributed by atoms with van der Waals surface area (Å²) in [6, 6.07) is 0. The molecule has 0 aliphatic heterocycles. The van der Waals surface area contributed by atoms with Crippen molar-refractivity contribution in [1.29, 1.82) is 0 Å². The van der Waals surface area contributed by atoms with E-state index in [1.165, 1.54) is 0 Å². The monoisotopic (exact) mass is 248 g/mol. The maximum atomic E-state index is 11.7. The lowest BCUT2D eigenvalue weighted by Gasteiger charge is -2.32. The Morgan fingerprint density at radius 3 is 2.19 bits per heavy atom. The first kappa shape index (κ1) is 15.7. The van der Waals surface area contributed by atoms with Gasteiger partial charge < -0.3 is 9.80 Å². The van der Waals surface area contributed by atoms with Gasteiger partial charge in [-0.15, -0.1) is 11.6 Å². The lowest BCUT2D eigenvalue weighted by atomic mass is 9.92. The molecule has 0 radical (unpaired) electrons. The molecule has 0 aromatic carbocycles. The predicted octanol–water partition coefficient (Wildman–Crippen LogP) is 2.05. The molecule has 1 amide bonds. The zero-order valence-electron chi connectivity index (χ0n) is 11.2. The Labute approximate surface area is 105 Å². The van der Waals surface area contributed by atoms with Gasteiger partial charge >= 0.3 is 0 Å². The first-order chi connectivity index (χ1) is 7.28. The van der Waals surface area contributed by atoms with E-state index >= 15 is 0 Å². The molecule has 0 aromatic heterocycles. The molecule has 0 saturated carbocycles. The molecule has 0 spiro atoms. The Balaban J connectivity index is 4.10. The largest absolute Gasteiger partial charge is 0.345 e. The fourth-order valence-corrected chi connectivity index (χ4v) is 2.18. The van der Waals surface area contributed by atoms with Gasteiger partial charge in [0.25, 0.3) is 0 Å². The highest BCUT2D eigenvalue weighted by Gasteiger charge is 2.23. The van der Waals surface area contributed by atoms with Crippen molar-refractivity contribution in [1.82, 2.24) is 9.80 Å². The average Bonchev–Trinajstić information content (AvgIpc) is 2.10. The van der Waals surface area contributed by atoms with Gasteiger partial charge in [-0.2, -0.15) is 0 Å². The quantitative estimate of drug-likeness (QED) is 0.644. The van der Waals surface area contributed by atoms with Gasteiger partial charge in [0.05, 0.1) is 0 Å². The molecule has 96 valence electrons. The molecule has 3 nitrogen and oxygen atoms in total. The summed E-state index contributed by atoms with van der Waals surface area (Å²) < 4.78 is 0. The molecule has 0 fully saturated rings. The van der Waals surface area contributed by atoms with E-state index in [9.17, 15) is 4.79 Å². The van der Waals surface area contributed by atoms with Crippen LogP contribution < -0.4 is 0 Å². The van der Waals surface area contributed by atoms with Gasteiger partial charge in [0.1, 0.15) is 0 Å². The van der Waals surface area contributed by atoms with Crippen molar-refractivity contribution in [2.24, 2.45) is 5.41 Å². The molecular weight excluding hydrogens is 224 g/mol. The van der Waals surface area contributed by atoms with Crippen molar-refractivity contribution in [2.75, 3.05) is 40.1 Å². The van der Waals surface area contributed by atoms with Gasteiger partial charge in [-0.3, -0.25) is 4.79 Å². The Morgan fingerprint density at radius 1 is 1.19 bits per heavy atom. The first-order valence-electron chi connectivity index (χ1n) is 5.73. The number of nitrogens with zero attached hydrogens (tertiary/aromatic N) is 2. The molecule has 0 aliphatic rings. The number of amides is 1. The van der Waals surface area contributed by atoms with Crippen molar-refractivity contribution in [2.45, 2.75) is 26.7 Å². The maximum Gasteiger partial charge on any atom is 0.222 e. The fraction of sp³-hybridized carbons (Fsp3) is 0.917. The highest BCUT2D eigenvalue weighted by atomic mass is 35.5. The smallest absolute Gasteiger partial charge is 0.222 e. The van der Waals surface area contributed by atoms with Crippen molar-refractivity contribution < 1.29 is 4.79 Å². The van der Waals surface area contributed by atoms with Crippen molar-refractivity contribution in [3.8, 4) is 0 Å². The van der Waals surface area contributed by atoms with E-state index < -0.39 is 0 Å². The number of halogens is 1. The van der Waals surface area contributed by atoms with Gasteiger partial charge in [-0.05, 0) is 25.9 Å². The molecule has 0 unspecified atom stereocenters. The third-order valence-electron chi connectivity index (χ3n) is 2.36. The van der Waals surface area contributed by atoms with E-state index in [0.29, 0.717) is 12.3 Å². The zero-order valence-corrected chi connectivity index (χ0v) is 12.0. The minimum Gasteiger partial charge on any atom is -0.345 e. The Bertz CT molecular complexity index is 217. The molecule has 0 atom stereocenters. The van der Waals surface area contributed by atoms with Crippen LogP contribution in [-0.2, 0) is 4.79 Å². The number of hydrogen-bond donors (Lipinski definition) is 0. The van der Waals surface area contributed by atoms with Gasteiger partial charge in [-0.25, -0.2) is 0 Å². The number of carbonyl (C=O) groups is 1. The van der Waals surface area contributed by atoms with Crippen LogP contribution in [0, 0.1) is 5.41 Å². The second-order valence-electron chi connectivity index (χ2n) is 5.44. The summed E-state index contributed by atoms with van der Waals surface area (Å²) in [5, 5.41) is 0. The van der Waals surface area contributed by atoms with E-state index in [2.05, 4.69) is 32.8 Å². The normalized spacial score (nSPS) is 11.9. The standard InChI is InChI=1S/C12H25ClN2O/c1-12(2,9-14(3)4)10-15(5)11(16)7-6-8-13/h6-10H2,1-5H3. The van der Waals surface area contributed by atoms with Gasteiger partial charge in [0.2, 0.25) is 5.91 Å². The summed E-state index contributed by atoms with van der Waals surface area (Å²) in [5.41, 5.74) is 0.120. The van der Waals surface area contributed by atoms with Crippen molar-refractivity contribution in [3.05, 3.63) is 0 Å². The molecule has 0 aliphatic carbocycles. The van der Waals surface area contributed by atoms with Crippen LogP contribution in [0.1, 0.15) is 26.7 Å². The summed E-state index contributed by atoms with van der Waals surface area (Å²) in [4.78, 5) is 15.7. The molecule has 4 heteroatoms. The van der Waals surface area contributed by atoms with E-state index in [1.54, 1.807) is 0 Å². The SMILES string of the molecule is CN(C)CC(C)(C)CN(C)C(=O)CCCCl. The molecular formula is C12H25ClN2O. The van der Waals surface area contributed by atoms with Crippen molar-refractivity contribution >= 4 is 17.5 Å². The van der Waals surface area contributed by atoms with E-state index in [1.807, 2.05) is 11.9 Å². The first-order valence-corrected chi connectivity index (χ1v) is 6.26. The van der Waals surface area contributed by atoms with Crippen LogP contribution in [-0.4, -0.2) is 55.8 Å². The minimum atomic E-state index is 0.120. The minimum absolute atomic E-state index is 0.120. The fourth-order valence-electron chi connectivity index (χ4n) is 2.05. The lowest BCUT2D eigenvalue weighted by molar-refractivity contribution is -0.131. The van der Waals surface area contributed by atoms with Crippen LogP contribution in [0.5, 0.6) is 0 Å². The Morgan fingerprint density at radius 2 is 1.75 bits per heavy atom. The topological polar surface area (TPSA) is 23.6 Å².